The molecule has 0 radical (unpaired) electrons. The lowest BCUT2D eigenvalue weighted by Gasteiger charge is -2.20. The van der Waals surface area contributed by atoms with E-state index >= 15 is 0 Å². The standard InChI is InChI=1S/C15H20N4O/c1-10-8-13(19-18-10)11-6-5-7-12(9-11)16-14(20)17-15(2,3)4/h5-9H,1-4H3,(H,18,19)(H2,16,17,20). The second kappa shape index (κ2) is 5.36. The summed E-state index contributed by atoms with van der Waals surface area (Å²) in [4.78, 5) is 11.8. The first-order chi connectivity index (χ1) is 9.33. The molecule has 5 heteroatoms. The number of carbonyl (C=O) groups is 1. The molecule has 2 aromatic rings. The summed E-state index contributed by atoms with van der Waals surface area (Å²) >= 11 is 0. The number of hydrogen-bond donors (Lipinski definition) is 3. The second-order valence-electron chi connectivity index (χ2n) is 5.85. The molecule has 1 aromatic carbocycles. The lowest BCUT2D eigenvalue weighted by Crippen LogP contribution is -2.43. The van der Waals surface area contributed by atoms with Crippen molar-refractivity contribution in [2.24, 2.45) is 0 Å². The minimum absolute atomic E-state index is 0.215. The number of benzene rings is 1. The van der Waals surface area contributed by atoms with Gasteiger partial charge in [0.2, 0.25) is 0 Å². The Morgan fingerprint density at radius 1 is 1.25 bits per heavy atom. The first-order valence-corrected chi connectivity index (χ1v) is 6.55. The summed E-state index contributed by atoms with van der Waals surface area (Å²) in [6.45, 7) is 7.77. The van der Waals surface area contributed by atoms with Gasteiger partial charge in [0.15, 0.2) is 0 Å². The van der Waals surface area contributed by atoms with E-state index in [1.165, 1.54) is 0 Å². The predicted octanol–water partition coefficient (Wildman–Crippen LogP) is 3.31. The molecule has 0 atom stereocenters. The summed E-state index contributed by atoms with van der Waals surface area (Å²) in [5, 5.41) is 12.8. The molecule has 0 aliphatic rings. The van der Waals surface area contributed by atoms with Gasteiger partial charge in [-0.1, -0.05) is 12.1 Å². The average Bonchev–Trinajstić information content (AvgIpc) is 2.73. The first-order valence-electron chi connectivity index (χ1n) is 6.55. The van der Waals surface area contributed by atoms with Gasteiger partial charge in [0.25, 0.3) is 0 Å². The Hall–Kier alpha value is -2.30. The zero-order valence-electron chi connectivity index (χ0n) is 12.2. The van der Waals surface area contributed by atoms with Crippen molar-refractivity contribution in [2.45, 2.75) is 33.2 Å². The molecule has 0 fully saturated rings. The van der Waals surface area contributed by atoms with Crippen molar-refractivity contribution in [3.05, 3.63) is 36.0 Å². The maximum Gasteiger partial charge on any atom is 0.319 e. The number of aromatic nitrogens is 2. The molecule has 106 valence electrons. The zero-order valence-corrected chi connectivity index (χ0v) is 12.2. The Kier molecular flexibility index (Phi) is 3.79. The molecule has 2 amide bonds. The van der Waals surface area contributed by atoms with E-state index in [2.05, 4.69) is 20.8 Å². The molecular weight excluding hydrogens is 252 g/mol. The van der Waals surface area contributed by atoms with Gasteiger partial charge in [0.05, 0.1) is 5.69 Å². The topological polar surface area (TPSA) is 69.8 Å². The second-order valence-corrected chi connectivity index (χ2v) is 5.85. The molecular formula is C15H20N4O. The minimum atomic E-state index is -0.263. The fourth-order valence-electron chi connectivity index (χ4n) is 1.83. The number of H-pyrrole nitrogens is 1. The number of nitrogens with one attached hydrogen (secondary N) is 3. The number of hydrogen-bond acceptors (Lipinski definition) is 2. The highest BCUT2D eigenvalue weighted by Gasteiger charge is 2.13. The molecule has 0 unspecified atom stereocenters. The van der Waals surface area contributed by atoms with E-state index in [1.54, 1.807) is 0 Å². The van der Waals surface area contributed by atoms with Gasteiger partial charge in [0, 0.05) is 22.5 Å². The molecule has 0 saturated carbocycles. The highest BCUT2D eigenvalue weighted by atomic mass is 16.2. The number of aromatic amines is 1. The Morgan fingerprint density at radius 3 is 2.60 bits per heavy atom. The van der Waals surface area contributed by atoms with Crippen LogP contribution in [-0.2, 0) is 0 Å². The van der Waals surface area contributed by atoms with E-state index in [-0.39, 0.29) is 11.6 Å². The summed E-state index contributed by atoms with van der Waals surface area (Å²) in [6, 6.07) is 9.36. The SMILES string of the molecule is Cc1cc(-c2cccc(NC(=O)NC(C)(C)C)c2)n[nH]1. The summed E-state index contributed by atoms with van der Waals surface area (Å²) in [5.41, 5.74) is 3.31. The number of rotatable bonds is 2. The fourth-order valence-corrected chi connectivity index (χ4v) is 1.83. The molecule has 0 aliphatic heterocycles. The van der Waals surface area contributed by atoms with Crippen LogP contribution in [0.25, 0.3) is 11.3 Å². The van der Waals surface area contributed by atoms with Crippen molar-refractivity contribution in [3.8, 4) is 11.3 Å². The van der Waals surface area contributed by atoms with Gasteiger partial charge >= 0.3 is 6.03 Å². The Morgan fingerprint density at radius 2 is 2.00 bits per heavy atom. The van der Waals surface area contributed by atoms with Crippen LogP contribution in [0.5, 0.6) is 0 Å². The van der Waals surface area contributed by atoms with Crippen LogP contribution in [0.4, 0.5) is 10.5 Å². The van der Waals surface area contributed by atoms with Crippen molar-refractivity contribution >= 4 is 11.7 Å². The van der Waals surface area contributed by atoms with E-state index in [9.17, 15) is 4.79 Å². The van der Waals surface area contributed by atoms with Crippen molar-refractivity contribution < 1.29 is 4.79 Å². The summed E-state index contributed by atoms with van der Waals surface area (Å²) in [7, 11) is 0. The van der Waals surface area contributed by atoms with Crippen molar-refractivity contribution in [1.29, 1.82) is 0 Å². The third kappa shape index (κ3) is 3.85. The molecule has 5 nitrogen and oxygen atoms in total. The largest absolute Gasteiger partial charge is 0.333 e. The maximum absolute atomic E-state index is 11.8. The third-order valence-electron chi connectivity index (χ3n) is 2.61. The van der Waals surface area contributed by atoms with E-state index < -0.39 is 0 Å². The molecule has 0 spiro atoms. The average molecular weight is 272 g/mol. The van der Waals surface area contributed by atoms with Gasteiger partial charge in [-0.25, -0.2) is 4.79 Å². The fraction of sp³-hybridized carbons (Fsp3) is 0.333. The van der Waals surface area contributed by atoms with Crippen LogP contribution >= 0.6 is 0 Å². The van der Waals surface area contributed by atoms with Gasteiger partial charge in [-0.2, -0.15) is 5.10 Å². The monoisotopic (exact) mass is 272 g/mol. The Balaban J connectivity index is 2.12. The van der Waals surface area contributed by atoms with Crippen LogP contribution in [0.1, 0.15) is 26.5 Å². The van der Waals surface area contributed by atoms with Crippen LogP contribution in [0.3, 0.4) is 0 Å². The summed E-state index contributed by atoms with van der Waals surface area (Å²) in [6.07, 6.45) is 0. The van der Waals surface area contributed by atoms with Crippen LogP contribution in [-0.4, -0.2) is 21.8 Å². The molecule has 20 heavy (non-hydrogen) atoms. The highest BCUT2D eigenvalue weighted by molar-refractivity contribution is 5.90. The summed E-state index contributed by atoms with van der Waals surface area (Å²) < 4.78 is 0. The van der Waals surface area contributed by atoms with Gasteiger partial charge in [-0.05, 0) is 45.9 Å². The summed E-state index contributed by atoms with van der Waals surface area (Å²) in [5.74, 6) is 0. The third-order valence-corrected chi connectivity index (χ3v) is 2.61. The van der Waals surface area contributed by atoms with Crippen LogP contribution in [0.15, 0.2) is 30.3 Å². The van der Waals surface area contributed by atoms with Gasteiger partial charge < -0.3 is 10.6 Å². The van der Waals surface area contributed by atoms with Crippen LogP contribution in [0.2, 0.25) is 0 Å². The smallest absolute Gasteiger partial charge is 0.319 e. The zero-order chi connectivity index (χ0) is 14.8. The normalized spacial score (nSPS) is 11.2. The minimum Gasteiger partial charge on any atom is -0.333 e. The van der Waals surface area contributed by atoms with Gasteiger partial charge in [0.1, 0.15) is 0 Å². The molecule has 1 heterocycles. The number of amides is 2. The quantitative estimate of drug-likeness (QED) is 0.785. The van der Waals surface area contributed by atoms with Crippen molar-refractivity contribution in [3.63, 3.8) is 0 Å². The molecule has 2 rings (SSSR count). The van der Waals surface area contributed by atoms with Crippen LogP contribution in [0, 0.1) is 6.92 Å². The van der Waals surface area contributed by atoms with Gasteiger partial charge in [-0.15, -0.1) is 0 Å². The van der Waals surface area contributed by atoms with Crippen molar-refractivity contribution in [2.75, 3.05) is 5.32 Å². The Labute approximate surface area is 118 Å². The van der Waals surface area contributed by atoms with Gasteiger partial charge in [-0.3, -0.25) is 5.10 Å². The number of carbonyl (C=O) groups excluding carboxylic acids is 1. The Bertz CT molecular complexity index is 610. The van der Waals surface area contributed by atoms with E-state index in [1.807, 2.05) is 58.0 Å². The maximum atomic E-state index is 11.8. The lowest BCUT2D eigenvalue weighted by atomic mass is 10.1. The van der Waals surface area contributed by atoms with Crippen molar-refractivity contribution in [1.82, 2.24) is 15.5 Å². The van der Waals surface area contributed by atoms with E-state index in [0.717, 1.165) is 22.6 Å². The van der Waals surface area contributed by atoms with E-state index in [0.29, 0.717) is 0 Å². The molecule has 1 aromatic heterocycles. The number of nitrogens with zero attached hydrogens (tertiary/aromatic N) is 1. The number of anilines is 1. The molecule has 0 aliphatic carbocycles. The number of urea groups is 1. The predicted molar refractivity (Wildman–Crippen MR) is 80.7 cm³/mol. The number of aryl methyl sites for hydroxylation is 1. The molecule has 0 bridgehead atoms. The highest BCUT2D eigenvalue weighted by Crippen LogP contribution is 2.21. The molecule has 0 saturated heterocycles. The first kappa shape index (κ1) is 14.1. The van der Waals surface area contributed by atoms with E-state index in [4.69, 9.17) is 0 Å². The molecule has 3 N–H and O–H groups in total. The van der Waals surface area contributed by atoms with Crippen LogP contribution < -0.4 is 10.6 Å². The lowest BCUT2D eigenvalue weighted by molar-refractivity contribution is 0.244.